The van der Waals surface area contributed by atoms with Crippen molar-refractivity contribution < 1.29 is 14.4 Å². The number of aromatic nitrogens is 5. The quantitative estimate of drug-likeness (QED) is 0.771. The fourth-order valence-electron chi connectivity index (χ4n) is 1.83. The molecule has 3 rings (SSSR count). The van der Waals surface area contributed by atoms with E-state index < -0.39 is 5.97 Å². The van der Waals surface area contributed by atoms with Crippen LogP contribution in [0, 0.1) is 6.92 Å². The Labute approximate surface area is 119 Å². The molecule has 0 saturated carbocycles. The maximum absolute atomic E-state index is 10.7. The van der Waals surface area contributed by atoms with Gasteiger partial charge in [0.15, 0.2) is 11.5 Å². The van der Waals surface area contributed by atoms with Gasteiger partial charge in [0.2, 0.25) is 0 Å². The largest absolute Gasteiger partial charge is 0.476 e. The molecule has 0 unspecified atom stereocenters. The van der Waals surface area contributed by atoms with Crippen LogP contribution in [0.3, 0.4) is 0 Å². The van der Waals surface area contributed by atoms with Gasteiger partial charge >= 0.3 is 5.97 Å². The van der Waals surface area contributed by atoms with Gasteiger partial charge in [-0.25, -0.2) is 9.48 Å². The Kier molecular flexibility index (Phi) is 3.19. The van der Waals surface area contributed by atoms with Crippen molar-refractivity contribution in [3.63, 3.8) is 0 Å². The number of carboxylic acid groups (broad SMARTS) is 1. The summed E-state index contributed by atoms with van der Waals surface area (Å²) in [5, 5.41) is 19.8. The maximum atomic E-state index is 10.7. The first-order valence-electron chi connectivity index (χ1n) is 6.15. The lowest BCUT2D eigenvalue weighted by molar-refractivity contribution is 0.0690. The van der Waals surface area contributed by atoms with Crippen LogP contribution >= 0.6 is 0 Å². The van der Waals surface area contributed by atoms with Gasteiger partial charge in [-0.3, -0.25) is 0 Å². The number of aromatic carboxylic acids is 1. The van der Waals surface area contributed by atoms with Crippen molar-refractivity contribution in [3.05, 3.63) is 47.5 Å². The predicted molar refractivity (Wildman–Crippen MR) is 70.6 cm³/mol. The Hall–Kier alpha value is -3.03. The molecule has 0 radical (unpaired) electrons. The molecule has 2 aromatic heterocycles. The van der Waals surface area contributed by atoms with E-state index in [0.29, 0.717) is 11.7 Å². The molecule has 0 atom stereocenters. The summed E-state index contributed by atoms with van der Waals surface area (Å²) in [6.07, 6.45) is 1.31. The van der Waals surface area contributed by atoms with Crippen LogP contribution in [0.4, 0.5) is 0 Å². The first-order chi connectivity index (χ1) is 10.1. The topological polar surface area (TPSA) is 107 Å². The van der Waals surface area contributed by atoms with Crippen LogP contribution in [0.2, 0.25) is 0 Å². The van der Waals surface area contributed by atoms with E-state index in [-0.39, 0.29) is 12.2 Å². The second kappa shape index (κ2) is 5.16. The first-order valence-corrected chi connectivity index (χ1v) is 6.15. The molecule has 2 heterocycles. The van der Waals surface area contributed by atoms with Crippen LogP contribution in [0.15, 0.2) is 35.0 Å². The highest BCUT2D eigenvalue weighted by molar-refractivity contribution is 5.84. The van der Waals surface area contributed by atoms with Crippen molar-refractivity contribution in [2.45, 2.75) is 13.5 Å². The molecule has 1 aromatic carbocycles. The number of hydrogen-bond acceptors (Lipinski definition) is 6. The highest BCUT2D eigenvalue weighted by Crippen LogP contribution is 2.18. The Morgan fingerprint density at radius 1 is 1.43 bits per heavy atom. The number of carboxylic acids is 1. The molecule has 21 heavy (non-hydrogen) atoms. The highest BCUT2D eigenvalue weighted by Gasteiger charge is 2.12. The van der Waals surface area contributed by atoms with E-state index >= 15 is 0 Å². The van der Waals surface area contributed by atoms with Gasteiger partial charge in [0.25, 0.3) is 5.89 Å². The lowest BCUT2D eigenvalue weighted by atomic mass is 10.1. The SMILES string of the molecule is Cc1cccc(-c2nc(Cn3cc(C(=O)O)nn3)no2)c1. The molecule has 3 aromatic rings. The van der Waals surface area contributed by atoms with Crippen molar-refractivity contribution in [1.82, 2.24) is 25.1 Å². The van der Waals surface area contributed by atoms with Gasteiger partial charge in [-0.2, -0.15) is 4.98 Å². The molecule has 8 nitrogen and oxygen atoms in total. The first kappa shape index (κ1) is 13.0. The molecule has 106 valence electrons. The molecule has 0 fully saturated rings. The Morgan fingerprint density at radius 2 is 2.29 bits per heavy atom. The minimum absolute atomic E-state index is 0.127. The summed E-state index contributed by atoms with van der Waals surface area (Å²) in [6, 6.07) is 7.70. The fraction of sp³-hybridized carbons (Fsp3) is 0.154. The van der Waals surface area contributed by atoms with Crippen LogP contribution in [0.25, 0.3) is 11.5 Å². The molecule has 0 bridgehead atoms. The van der Waals surface area contributed by atoms with Gasteiger partial charge < -0.3 is 9.63 Å². The summed E-state index contributed by atoms with van der Waals surface area (Å²) in [5.41, 5.74) is 1.80. The Morgan fingerprint density at radius 3 is 3.00 bits per heavy atom. The van der Waals surface area contributed by atoms with Crippen LogP contribution in [0.1, 0.15) is 21.9 Å². The van der Waals surface area contributed by atoms with E-state index in [9.17, 15) is 4.79 Å². The molecule has 0 aliphatic carbocycles. The monoisotopic (exact) mass is 285 g/mol. The number of hydrogen-bond donors (Lipinski definition) is 1. The summed E-state index contributed by atoms with van der Waals surface area (Å²) in [7, 11) is 0. The van der Waals surface area contributed by atoms with Crippen molar-refractivity contribution in [2.24, 2.45) is 0 Å². The van der Waals surface area contributed by atoms with Crippen molar-refractivity contribution in [2.75, 3.05) is 0 Å². The standard InChI is InChI=1S/C13H11N5O3/c1-8-3-2-4-9(5-8)12-14-11(16-21-12)7-18-6-10(13(19)20)15-17-18/h2-6H,7H2,1H3,(H,19,20). The molecular formula is C13H11N5O3. The van der Waals surface area contributed by atoms with Crippen molar-refractivity contribution in [3.8, 4) is 11.5 Å². The average molecular weight is 285 g/mol. The number of benzene rings is 1. The van der Waals surface area contributed by atoms with Gasteiger partial charge in [0.05, 0.1) is 6.20 Å². The van der Waals surface area contributed by atoms with Gasteiger partial charge in [0, 0.05) is 5.56 Å². The fourth-order valence-corrected chi connectivity index (χ4v) is 1.83. The van der Waals surface area contributed by atoms with Crippen LogP contribution in [-0.4, -0.2) is 36.2 Å². The second-order valence-electron chi connectivity index (χ2n) is 4.49. The molecule has 0 amide bonds. The number of rotatable bonds is 4. The molecule has 1 N–H and O–H groups in total. The van der Waals surface area contributed by atoms with Crippen molar-refractivity contribution >= 4 is 5.97 Å². The third kappa shape index (κ3) is 2.78. The normalized spacial score (nSPS) is 10.7. The zero-order valence-electron chi connectivity index (χ0n) is 11.1. The zero-order valence-corrected chi connectivity index (χ0v) is 11.1. The van der Waals surface area contributed by atoms with E-state index in [4.69, 9.17) is 9.63 Å². The lowest BCUT2D eigenvalue weighted by Gasteiger charge is -1.95. The minimum Gasteiger partial charge on any atom is -0.476 e. The molecule has 0 spiro atoms. The zero-order chi connectivity index (χ0) is 14.8. The van der Waals surface area contributed by atoms with E-state index in [1.165, 1.54) is 10.9 Å². The highest BCUT2D eigenvalue weighted by atomic mass is 16.5. The van der Waals surface area contributed by atoms with Gasteiger partial charge in [-0.1, -0.05) is 28.1 Å². The predicted octanol–water partition coefficient (Wildman–Crippen LogP) is 1.38. The summed E-state index contributed by atoms with van der Waals surface area (Å²) in [6.45, 7) is 2.17. The average Bonchev–Trinajstić information content (AvgIpc) is 3.08. The lowest BCUT2D eigenvalue weighted by Crippen LogP contribution is -2.02. The minimum atomic E-state index is -1.13. The van der Waals surface area contributed by atoms with Crippen molar-refractivity contribution in [1.29, 1.82) is 0 Å². The van der Waals surface area contributed by atoms with Crippen LogP contribution in [0.5, 0.6) is 0 Å². The number of carbonyl (C=O) groups is 1. The molecular weight excluding hydrogens is 274 g/mol. The van der Waals surface area contributed by atoms with E-state index in [2.05, 4.69) is 20.5 Å². The van der Waals surface area contributed by atoms with Crippen LogP contribution in [-0.2, 0) is 6.54 Å². The summed E-state index contributed by atoms with van der Waals surface area (Å²) < 4.78 is 6.53. The van der Waals surface area contributed by atoms with Gasteiger partial charge in [-0.05, 0) is 19.1 Å². The Bertz CT molecular complexity index is 792. The molecule has 0 aliphatic heterocycles. The molecule has 0 saturated heterocycles. The van der Waals surface area contributed by atoms with Crippen LogP contribution < -0.4 is 0 Å². The van der Waals surface area contributed by atoms with E-state index in [1.54, 1.807) is 0 Å². The summed E-state index contributed by atoms with van der Waals surface area (Å²) in [4.78, 5) is 15.0. The third-order valence-corrected chi connectivity index (χ3v) is 2.79. The molecule has 0 aliphatic rings. The third-order valence-electron chi connectivity index (χ3n) is 2.79. The number of aryl methyl sites for hydroxylation is 1. The molecule has 8 heteroatoms. The Balaban J connectivity index is 1.80. The number of nitrogens with zero attached hydrogens (tertiary/aromatic N) is 5. The maximum Gasteiger partial charge on any atom is 0.358 e. The summed E-state index contributed by atoms with van der Waals surface area (Å²) in [5.74, 6) is -0.324. The smallest absolute Gasteiger partial charge is 0.358 e. The van der Waals surface area contributed by atoms with E-state index in [0.717, 1.165) is 11.1 Å². The summed E-state index contributed by atoms with van der Waals surface area (Å²) >= 11 is 0. The van der Waals surface area contributed by atoms with E-state index in [1.807, 2.05) is 31.2 Å². The second-order valence-corrected chi connectivity index (χ2v) is 4.49. The van der Waals surface area contributed by atoms with Gasteiger partial charge in [0.1, 0.15) is 6.54 Å². The van der Waals surface area contributed by atoms with Gasteiger partial charge in [-0.15, -0.1) is 5.10 Å².